The van der Waals surface area contributed by atoms with Crippen molar-refractivity contribution < 1.29 is 29.6 Å². The molecular weight excluding hydrogens is 252 g/mol. The molecule has 1 fully saturated rings. The molecule has 0 bridgehead atoms. The third-order valence-electron chi connectivity index (χ3n) is 2.94. The van der Waals surface area contributed by atoms with Crippen LogP contribution in [0.5, 0.6) is 0 Å². The number of rotatable bonds is 3. The van der Waals surface area contributed by atoms with Gasteiger partial charge < -0.3 is 24.8 Å². The highest BCUT2D eigenvalue weighted by Gasteiger charge is 2.39. The highest BCUT2D eigenvalue weighted by atomic mass is 16.7. The van der Waals surface area contributed by atoms with E-state index in [0.29, 0.717) is 5.56 Å². The van der Waals surface area contributed by atoms with Gasteiger partial charge in [0.05, 0.1) is 24.4 Å². The second-order valence-corrected chi connectivity index (χ2v) is 4.37. The summed E-state index contributed by atoms with van der Waals surface area (Å²) >= 11 is 0. The normalized spacial score (nSPS) is 30.9. The van der Waals surface area contributed by atoms with Gasteiger partial charge in [-0.15, -0.1) is 0 Å². The second-order valence-electron chi connectivity index (χ2n) is 4.37. The third kappa shape index (κ3) is 3.30. The van der Waals surface area contributed by atoms with Crippen molar-refractivity contribution in [3.8, 4) is 0 Å². The van der Waals surface area contributed by atoms with Crippen molar-refractivity contribution in [2.24, 2.45) is 0 Å². The molecule has 2 rings (SSSR count). The lowest BCUT2D eigenvalue weighted by Gasteiger charge is -2.35. The summed E-state index contributed by atoms with van der Waals surface area (Å²) in [6, 6.07) is 8.25. The number of hydrogen-bond acceptors (Lipinski definition) is 6. The topological polar surface area (TPSA) is 96.2 Å². The number of carbonyl (C=O) groups is 1. The zero-order chi connectivity index (χ0) is 13.8. The Kier molecular flexibility index (Phi) is 4.49. The fourth-order valence-corrected chi connectivity index (χ4v) is 1.88. The summed E-state index contributed by atoms with van der Waals surface area (Å²) in [5, 5.41) is 28.3. The summed E-state index contributed by atoms with van der Waals surface area (Å²) < 4.78 is 10.2. The van der Waals surface area contributed by atoms with Crippen LogP contribution in [0, 0.1) is 0 Å². The highest BCUT2D eigenvalue weighted by Crippen LogP contribution is 2.22. The Labute approximate surface area is 110 Å². The molecule has 1 saturated heterocycles. The van der Waals surface area contributed by atoms with E-state index in [1.165, 1.54) is 0 Å². The van der Waals surface area contributed by atoms with E-state index in [-0.39, 0.29) is 13.0 Å². The molecule has 1 aromatic rings. The first kappa shape index (κ1) is 14.0. The largest absolute Gasteiger partial charge is 0.429 e. The molecule has 0 unspecified atom stereocenters. The van der Waals surface area contributed by atoms with Gasteiger partial charge in [0, 0.05) is 6.42 Å². The standard InChI is InChI=1S/C13H16O6/c14-7-9-6-10(15)11(16)13(18-9)19-12(17)8-4-2-1-3-5-8/h1-5,9-11,13-16H,6-7H2/t9-,10-,11+,13-/m0/s1. The van der Waals surface area contributed by atoms with E-state index < -0.39 is 30.6 Å². The maximum atomic E-state index is 11.8. The molecule has 0 spiro atoms. The van der Waals surface area contributed by atoms with Crippen LogP contribution in [0.1, 0.15) is 16.8 Å². The third-order valence-corrected chi connectivity index (χ3v) is 2.94. The summed E-state index contributed by atoms with van der Waals surface area (Å²) in [6.07, 6.45) is -4.27. The molecule has 0 aliphatic carbocycles. The summed E-state index contributed by atoms with van der Waals surface area (Å²) in [5.74, 6) is -0.657. The number of benzene rings is 1. The van der Waals surface area contributed by atoms with Crippen LogP contribution in [0.15, 0.2) is 30.3 Å². The molecule has 0 saturated carbocycles. The quantitative estimate of drug-likeness (QED) is 0.650. The SMILES string of the molecule is O=C(O[C@@H]1O[C@H](CO)C[C@H](O)[C@H]1O)c1ccccc1. The lowest BCUT2D eigenvalue weighted by Crippen LogP contribution is -2.51. The molecule has 1 heterocycles. The van der Waals surface area contributed by atoms with Gasteiger partial charge in [0.25, 0.3) is 0 Å². The first-order valence-corrected chi connectivity index (χ1v) is 6.00. The van der Waals surface area contributed by atoms with E-state index in [4.69, 9.17) is 14.6 Å². The van der Waals surface area contributed by atoms with Crippen molar-refractivity contribution in [2.45, 2.75) is 31.0 Å². The maximum absolute atomic E-state index is 11.8. The smallest absolute Gasteiger partial charge is 0.340 e. The van der Waals surface area contributed by atoms with Gasteiger partial charge in [-0.25, -0.2) is 4.79 Å². The predicted molar refractivity (Wildman–Crippen MR) is 64.2 cm³/mol. The monoisotopic (exact) mass is 268 g/mol. The number of esters is 1. The minimum atomic E-state index is -1.32. The number of aliphatic hydroxyl groups excluding tert-OH is 3. The molecule has 4 atom stereocenters. The van der Waals surface area contributed by atoms with E-state index in [1.54, 1.807) is 30.3 Å². The summed E-state index contributed by atoms with van der Waals surface area (Å²) in [4.78, 5) is 11.8. The number of carbonyl (C=O) groups excluding carboxylic acids is 1. The average molecular weight is 268 g/mol. The Bertz CT molecular complexity index is 420. The molecule has 0 aromatic heterocycles. The van der Waals surface area contributed by atoms with Crippen LogP contribution in [-0.2, 0) is 9.47 Å². The van der Waals surface area contributed by atoms with Gasteiger partial charge in [0.1, 0.15) is 6.10 Å². The van der Waals surface area contributed by atoms with Gasteiger partial charge in [0.2, 0.25) is 6.29 Å². The molecule has 1 aliphatic heterocycles. The van der Waals surface area contributed by atoms with E-state index in [0.717, 1.165) is 0 Å². The Morgan fingerprint density at radius 3 is 2.63 bits per heavy atom. The molecule has 1 aromatic carbocycles. The average Bonchev–Trinajstić information content (AvgIpc) is 2.44. The molecule has 3 N–H and O–H groups in total. The van der Waals surface area contributed by atoms with Crippen LogP contribution in [0.4, 0.5) is 0 Å². The van der Waals surface area contributed by atoms with Crippen molar-refractivity contribution in [1.29, 1.82) is 0 Å². The summed E-state index contributed by atoms with van der Waals surface area (Å²) in [5.41, 5.74) is 0.318. The Balaban J connectivity index is 2.02. The minimum Gasteiger partial charge on any atom is -0.429 e. The van der Waals surface area contributed by atoms with Gasteiger partial charge in [-0.3, -0.25) is 0 Å². The van der Waals surface area contributed by atoms with Crippen LogP contribution in [0.25, 0.3) is 0 Å². The lowest BCUT2D eigenvalue weighted by molar-refractivity contribution is -0.251. The Morgan fingerprint density at radius 2 is 2.00 bits per heavy atom. The van der Waals surface area contributed by atoms with E-state index in [2.05, 4.69) is 0 Å². The molecule has 0 radical (unpaired) electrons. The maximum Gasteiger partial charge on any atom is 0.340 e. The van der Waals surface area contributed by atoms with E-state index in [1.807, 2.05) is 0 Å². The second kappa shape index (κ2) is 6.12. The first-order chi connectivity index (χ1) is 9.11. The van der Waals surface area contributed by atoms with Gasteiger partial charge in [-0.05, 0) is 12.1 Å². The number of aliphatic hydroxyl groups is 3. The van der Waals surface area contributed by atoms with E-state index in [9.17, 15) is 15.0 Å². The van der Waals surface area contributed by atoms with E-state index >= 15 is 0 Å². The zero-order valence-corrected chi connectivity index (χ0v) is 10.2. The number of hydrogen-bond donors (Lipinski definition) is 3. The molecule has 6 nitrogen and oxygen atoms in total. The fraction of sp³-hybridized carbons (Fsp3) is 0.462. The molecular formula is C13H16O6. The van der Waals surface area contributed by atoms with Gasteiger partial charge >= 0.3 is 5.97 Å². The van der Waals surface area contributed by atoms with Gasteiger partial charge in [0.15, 0.2) is 0 Å². The molecule has 6 heteroatoms. The summed E-state index contributed by atoms with van der Waals surface area (Å²) in [7, 11) is 0. The summed E-state index contributed by atoms with van der Waals surface area (Å²) in [6.45, 7) is -0.316. The minimum absolute atomic E-state index is 0.0943. The van der Waals surface area contributed by atoms with Crippen LogP contribution < -0.4 is 0 Å². The van der Waals surface area contributed by atoms with Crippen molar-refractivity contribution in [2.75, 3.05) is 6.61 Å². The lowest BCUT2D eigenvalue weighted by atomic mass is 10.0. The molecule has 104 valence electrons. The zero-order valence-electron chi connectivity index (χ0n) is 10.2. The Hall–Kier alpha value is -1.47. The van der Waals surface area contributed by atoms with Crippen LogP contribution in [-0.4, -0.2) is 52.5 Å². The van der Waals surface area contributed by atoms with Crippen LogP contribution >= 0.6 is 0 Å². The van der Waals surface area contributed by atoms with Crippen molar-refractivity contribution in [1.82, 2.24) is 0 Å². The van der Waals surface area contributed by atoms with Gasteiger partial charge in [-0.1, -0.05) is 18.2 Å². The molecule has 1 aliphatic rings. The van der Waals surface area contributed by atoms with Crippen LogP contribution in [0.2, 0.25) is 0 Å². The molecule has 19 heavy (non-hydrogen) atoms. The predicted octanol–water partition coefficient (Wildman–Crippen LogP) is -0.328. The highest BCUT2D eigenvalue weighted by molar-refractivity contribution is 5.89. The van der Waals surface area contributed by atoms with Crippen molar-refractivity contribution in [3.63, 3.8) is 0 Å². The molecule has 0 amide bonds. The number of ether oxygens (including phenoxy) is 2. The van der Waals surface area contributed by atoms with Crippen molar-refractivity contribution >= 4 is 5.97 Å². The first-order valence-electron chi connectivity index (χ1n) is 6.00. The van der Waals surface area contributed by atoms with Crippen LogP contribution in [0.3, 0.4) is 0 Å². The van der Waals surface area contributed by atoms with Crippen molar-refractivity contribution in [3.05, 3.63) is 35.9 Å². The fourth-order valence-electron chi connectivity index (χ4n) is 1.88. The van der Waals surface area contributed by atoms with Gasteiger partial charge in [-0.2, -0.15) is 0 Å². The Morgan fingerprint density at radius 1 is 1.32 bits per heavy atom.